The lowest BCUT2D eigenvalue weighted by Gasteiger charge is -2.30. The van der Waals surface area contributed by atoms with Crippen molar-refractivity contribution in [1.82, 2.24) is 10.0 Å². The van der Waals surface area contributed by atoms with E-state index in [9.17, 15) is 4.79 Å². The number of hydrazine groups is 1. The number of fused-ring (bicyclic) bond motifs is 1. The Morgan fingerprint density at radius 1 is 1.22 bits per heavy atom. The number of rotatable bonds is 1. The fraction of sp³-hybridized carbons (Fsp3) is 0.500. The van der Waals surface area contributed by atoms with E-state index in [0.29, 0.717) is 0 Å². The van der Waals surface area contributed by atoms with Crippen molar-refractivity contribution in [3.8, 4) is 0 Å². The summed E-state index contributed by atoms with van der Waals surface area (Å²) in [6.07, 6.45) is -0.310. The van der Waals surface area contributed by atoms with Gasteiger partial charge in [0, 0.05) is 20.1 Å². The average Bonchev–Trinajstić information content (AvgIpc) is 2.68. The van der Waals surface area contributed by atoms with Gasteiger partial charge in [-0.2, -0.15) is 0 Å². The molecule has 0 bridgehead atoms. The third-order valence-electron chi connectivity index (χ3n) is 2.91. The maximum Gasteiger partial charge on any atom is 0.424 e. The monoisotopic (exact) mass is 248 g/mol. The van der Waals surface area contributed by atoms with Crippen molar-refractivity contribution in [2.24, 2.45) is 0 Å². The van der Waals surface area contributed by atoms with Crippen LogP contribution < -0.4 is 0 Å². The molecule has 18 heavy (non-hydrogen) atoms. The number of carbonyl (C=O) groups excluding carboxylic acids is 1. The summed E-state index contributed by atoms with van der Waals surface area (Å²) in [5, 5.41) is 3.55. The number of ether oxygens (including phenoxy) is 1. The maximum atomic E-state index is 12.0. The van der Waals surface area contributed by atoms with E-state index in [4.69, 9.17) is 4.74 Å². The molecule has 0 aliphatic carbocycles. The molecule has 0 N–H and O–H groups in total. The maximum absolute atomic E-state index is 12.0. The van der Waals surface area contributed by atoms with Gasteiger partial charge in [0.15, 0.2) is 0 Å². The van der Waals surface area contributed by atoms with Crippen LogP contribution in [0.5, 0.6) is 0 Å². The van der Waals surface area contributed by atoms with E-state index in [1.807, 2.05) is 37.9 Å². The summed E-state index contributed by atoms with van der Waals surface area (Å²) in [5.74, 6) is 0. The smallest absolute Gasteiger partial charge is 0.424 e. The van der Waals surface area contributed by atoms with Gasteiger partial charge in [-0.1, -0.05) is 24.3 Å². The first-order valence-electron chi connectivity index (χ1n) is 6.15. The second-order valence-corrected chi connectivity index (χ2v) is 5.60. The fourth-order valence-corrected chi connectivity index (χ4v) is 1.97. The largest absolute Gasteiger partial charge is 0.443 e. The zero-order valence-corrected chi connectivity index (χ0v) is 11.4. The Hall–Kier alpha value is -1.55. The van der Waals surface area contributed by atoms with E-state index in [1.165, 1.54) is 11.1 Å². The summed E-state index contributed by atoms with van der Waals surface area (Å²) in [4.78, 5) is 12.0. The molecule has 0 atom stereocenters. The number of carbonyl (C=O) groups is 1. The summed E-state index contributed by atoms with van der Waals surface area (Å²) in [6.45, 7) is 7.13. The number of hydrogen-bond acceptors (Lipinski definition) is 3. The van der Waals surface area contributed by atoms with E-state index in [1.54, 1.807) is 12.1 Å². The number of amides is 1. The molecule has 1 heterocycles. The molecule has 0 saturated heterocycles. The molecule has 1 aromatic carbocycles. The Morgan fingerprint density at radius 2 is 1.72 bits per heavy atom. The van der Waals surface area contributed by atoms with Crippen LogP contribution in [0.1, 0.15) is 31.9 Å². The Morgan fingerprint density at radius 3 is 2.17 bits per heavy atom. The lowest BCUT2D eigenvalue weighted by Crippen LogP contribution is -2.43. The van der Waals surface area contributed by atoms with Crippen LogP contribution >= 0.6 is 0 Å². The Balaban J connectivity index is 2.01. The Bertz CT molecular complexity index is 426. The van der Waals surface area contributed by atoms with Gasteiger partial charge in [-0.3, -0.25) is 0 Å². The summed E-state index contributed by atoms with van der Waals surface area (Å²) >= 11 is 0. The molecule has 1 aliphatic rings. The van der Waals surface area contributed by atoms with Crippen LogP contribution in [0.3, 0.4) is 0 Å². The van der Waals surface area contributed by atoms with Crippen LogP contribution in [-0.2, 0) is 17.8 Å². The fourth-order valence-electron chi connectivity index (χ4n) is 1.97. The van der Waals surface area contributed by atoms with Crippen LogP contribution in [-0.4, -0.2) is 28.8 Å². The van der Waals surface area contributed by atoms with Gasteiger partial charge >= 0.3 is 6.09 Å². The molecule has 1 aromatic rings. The minimum Gasteiger partial charge on any atom is -0.443 e. The van der Waals surface area contributed by atoms with Gasteiger partial charge in [-0.15, -0.1) is 0 Å². The molecule has 4 heteroatoms. The van der Waals surface area contributed by atoms with Gasteiger partial charge in [0.25, 0.3) is 0 Å². The molecular weight excluding hydrogens is 228 g/mol. The predicted molar refractivity (Wildman–Crippen MR) is 69.7 cm³/mol. The SMILES string of the molecule is CN(C(=O)OC(C)(C)C)N1Cc2ccccc2C1. The highest BCUT2D eigenvalue weighted by atomic mass is 16.6. The topological polar surface area (TPSA) is 32.8 Å². The molecule has 98 valence electrons. The van der Waals surface area contributed by atoms with Crippen molar-refractivity contribution in [3.63, 3.8) is 0 Å². The normalized spacial score (nSPS) is 15.3. The first kappa shape index (κ1) is 12.9. The Labute approximate surface area is 108 Å². The van der Waals surface area contributed by atoms with Crippen molar-refractivity contribution < 1.29 is 9.53 Å². The first-order valence-corrected chi connectivity index (χ1v) is 6.15. The summed E-state index contributed by atoms with van der Waals surface area (Å²) in [7, 11) is 1.75. The molecule has 0 saturated carbocycles. The van der Waals surface area contributed by atoms with Crippen LogP contribution in [0.25, 0.3) is 0 Å². The number of hydrogen-bond donors (Lipinski definition) is 0. The molecule has 4 nitrogen and oxygen atoms in total. The van der Waals surface area contributed by atoms with Gasteiger partial charge in [0.1, 0.15) is 5.60 Å². The van der Waals surface area contributed by atoms with Gasteiger partial charge < -0.3 is 4.74 Å². The van der Waals surface area contributed by atoms with Crippen molar-refractivity contribution in [1.29, 1.82) is 0 Å². The van der Waals surface area contributed by atoms with Crippen molar-refractivity contribution >= 4 is 6.09 Å². The lowest BCUT2D eigenvalue weighted by atomic mass is 10.1. The standard InChI is InChI=1S/C14H20N2O2/c1-14(2,3)18-13(17)15(4)16-9-11-7-5-6-8-12(11)10-16/h5-8H,9-10H2,1-4H3. The molecule has 1 amide bonds. The molecule has 2 rings (SSSR count). The van der Waals surface area contributed by atoms with E-state index >= 15 is 0 Å². The van der Waals surface area contributed by atoms with E-state index < -0.39 is 5.60 Å². The van der Waals surface area contributed by atoms with E-state index in [2.05, 4.69) is 12.1 Å². The van der Waals surface area contributed by atoms with Crippen LogP contribution in [0, 0.1) is 0 Å². The highest BCUT2D eigenvalue weighted by molar-refractivity contribution is 5.67. The first-order chi connectivity index (χ1) is 8.37. The Kier molecular flexibility index (Phi) is 3.30. The van der Waals surface area contributed by atoms with Gasteiger partial charge in [0.05, 0.1) is 0 Å². The number of benzene rings is 1. The van der Waals surface area contributed by atoms with Gasteiger partial charge in [0.2, 0.25) is 0 Å². The molecular formula is C14H20N2O2. The second kappa shape index (κ2) is 4.61. The molecule has 0 spiro atoms. The minimum absolute atomic E-state index is 0.310. The zero-order valence-electron chi connectivity index (χ0n) is 11.4. The average molecular weight is 248 g/mol. The summed E-state index contributed by atoms with van der Waals surface area (Å²) in [5.41, 5.74) is 2.08. The summed E-state index contributed by atoms with van der Waals surface area (Å²) < 4.78 is 5.36. The number of nitrogens with zero attached hydrogens (tertiary/aromatic N) is 2. The molecule has 0 fully saturated rings. The molecule has 0 unspecified atom stereocenters. The zero-order chi connectivity index (χ0) is 13.3. The lowest BCUT2D eigenvalue weighted by molar-refractivity contribution is -0.0403. The van der Waals surface area contributed by atoms with Crippen molar-refractivity contribution in [2.45, 2.75) is 39.5 Å². The highest BCUT2D eigenvalue weighted by Crippen LogP contribution is 2.24. The second-order valence-electron chi connectivity index (χ2n) is 5.60. The van der Waals surface area contributed by atoms with Crippen LogP contribution in [0.2, 0.25) is 0 Å². The summed E-state index contributed by atoms with van der Waals surface area (Å²) in [6, 6.07) is 8.24. The third-order valence-corrected chi connectivity index (χ3v) is 2.91. The van der Waals surface area contributed by atoms with Crippen molar-refractivity contribution in [3.05, 3.63) is 35.4 Å². The minimum atomic E-state index is -0.460. The van der Waals surface area contributed by atoms with Gasteiger partial charge in [-0.05, 0) is 31.9 Å². The molecule has 1 aliphatic heterocycles. The van der Waals surface area contributed by atoms with E-state index in [-0.39, 0.29) is 6.09 Å². The highest BCUT2D eigenvalue weighted by Gasteiger charge is 2.27. The third kappa shape index (κ3) is 2.82. The molecule has 0 aromatic heterocycles. The quantitative estimate of drug-likeness (QED) is 0.766. The van der Waals surface area contributed by atoms with Crippen LogP contribution in [0.15, 0.2) is 24.3 Å². The molecule has 0 radical (unpaired) electrons. The van der Waals surface area contributed by atoms with Crippen LogP contribution in [0.4, 0.5) is 4.79 Å². The predicted octanol–water partition coefficient (Wildman–Crippen LogP) is 2.78. The van der Waals surface area contributed by atoms with Gasteiger partial charge in [-0.25, -0.2) is 14.8 Å². The van der Waals surface area contributed by atoms with Crippen molar-refractivity contribution in [2.75, 3.05) is 7.05 Å². The van der Waals surface area contributed by atoms with E-state index in [0.717, 1.165) is 13.1 Å².